The van der Waals surface area contributed by atoms with Gasteiger partial charge < -0.3 is 25.2 Å². The van der Waals surface area contributed by atoms with E-state index in [2.05, 4.69) is 5.32 Å². The van der Waals surface area contributed by atoms with E-state index in [9.17, 15) is 19.8 Å². The summed E-state index contributed by atoms with van der Waals surface area (Å²) in [6.07, 6.45) is 1.23. The predicted octanol–water partition coefficient (Wildman–Crippen LogP) is 3.17. The Morgan fingerprint density at radius 1 is 1.07 bits per heavy atom. The molecule has 3 N–H and O–H groups in total. The van der Waals surface area contributed by atoms with Gasteiger partial charge in [-0.25, -0.2) is 0 Å². The minimum absolute atomic E-state index is 0.0554. The summed E-state index contributed by atoms with van der Waals surface area (Å²) in [7, 11) is 0. The number of aryl methyl sites for hydroxylation is 2. The number of benzene rings is 2. The molecule has 0 radical (unpaired) electrons. The predicted molar refractivity (Wildman–Crippen MR) is 113 cm³/mol. The van der Waals surface area contributed by atoms with E-state index in [0.29, 0.717) is 36.7 Å². The van der Waals surface area contributed by atoms with Crippen LogP contribution in [0, 0.1) is 13.8 Å². The monoisotopic (exact) mass is 432 g/mol. The Balaban J connectivity index is 1.48. The number of hydrogen-bond acceptors (Lipinski definition) is 5. The molecule has 2 amide bonds. The second kappa shape index (κ2) is 9.26. The lowest BCUT2D eigenvalue weighted by Crippen LogP contribution is -2.47. The number of hydrogen-bond donors (Lipinski definition) is 3. The molecule has 1 saturated heterocycles. The molecule has 0 aromatic heterocycles. The molecule has 1 fully saturated rings. The van der Waals surface area contributed by atoms with Gasteiger partial charge in [0.15, 0.2) is 6.61 Å². The van der Waals surface area contributed by atoms with Crippen molar-refractivity contribution in [3.05, 3.63) is 52.0 Å². The zero-order valence-corrected chi connectivity index (χ0v) is 17.7. The van der Waals surface area contributed by atoms with Crippen LogP contribution in [-0.2, 0) is 4.79 Å². The Bertz CT molecular complexity index is 911. The number of aromatic hydroxyl groups is 2. The third-order valence-electron chi connectivity index (χ3n) is 5.12. The van der Waals surface area contributed by atoms with Crippen LogP contribution in [0.3, 0.4) is 0 Å². The summed E-state index contributed by atoms with van der Waals surface area (Å²) in [4.78, 5) is 26.5. The van der Waals surface area contributed by atoms with Gasteiger partial charge in [0.1, 0.15) is 17.2 Å². The Morgan fingerprint density at radius 3 is 2.20 bits per heavy atom. The summed E-state index contributed by atoms with van der Waals surface area (Å²) >= 11 is 6.15. The van der Waals surface area contributed by atoms with Crippen LogP contribution in [0.25, 0.3) is 0 Å². The fraction of sp³-hybridized carbons (Fsp3) is 0.364. The van der Waals surface area contributed by atoms with Crippen molar-refractivity contribution in [3.63, 3.8) is 0 Å². The molecule has 0 aliphatic carbocycles. The molecule has 0 unspecified atom stereocenters. The number of nitrogens with one attached hydrogen (secondary N) is 1. The van der Waals surface area contributed by atoms with Crippen molar-refractivity contribution < 1.29 is 24.5 Å². The number of halogens is 1. The summed E-state index contributed by atoms with van der Waals surface area (Å²) in [5, 5.41) is 22.6. The molecule has 2 aromatic carbocycles. The van der Waals surface area contributed by atoms with Gasteiger partial charge in [-0.3, -0.25) is 9.59 Å². The van der Waals surface area contributed by atoms with Gasteiger partial charge >= 0.3 is 0 Å². The third kappa shape index (κ3) is 5.36. The summed E-state index contributed by atoms with van der Waals surface area (Å²) < 4.78 is 5.64. The van der Waals surface area contributed by atoms with E-state index in [4.69, 9.17) is 16.3 Å². The van der Waals surface area contributed by atoms with Gasteiger partial charge in [-0.15, -0.1) is 0 Å². The van der Waals surface area contributed by atoms with Gasteiger partial charge in [0.05, 0.1) is 0 Å². The molecule has 8 heteroatoms. The zero-order valence-electron chi connectivity index (χ0n) is 16.9. The second-order valence-electron chi connectivity index (χ2n) is 7.53. The van der Waals surface area contributed by atoms with Crippen molar-refractivity contribution in [1.82, 2.24) is 10.2 Å². The van der Waals surface area contributed by atoms with Crippen LogP contribution in [0.5, 0.6) is 17.2 Å². The molecule has 0 atom stereocenters. The first kappa shape index (κ1) is 21.8. The number of likely N-dealkylation sites (tertiary alicyclic amines) is 1. The van der Waals surface area contributed by atoms with E-state index in [1.165, 1.54) is 12.1 Å². The SMILES string of the molecule is Cc1cc(OCC(=O)N2CCC(NC(=O)c3cc(O)cc(O)c3)CC2)cc(C)c1Cl. The molecule has 2 aromatic rings. The summed E-state index contributed by atoms with van der Waals surface area (Å²) in [6.45, 7) is 4.75. The molecular formula is C22H25ClN2O5. The highest BCUT2D eigenvalue weighted by atomic mass is 35.5. The Hall–Kier alpha value is -2.93. The van der Waals surface area contributed by atoms with Gasteiger partial charge in [-0.2, -0.15) is 0 Å². The minimum Gasteiger partial charge on any atom is -0.508 e. The first-order valence-corrected chi connectivity index (χ1v) is 10.1. The number of amides is 2. The molecule has 0 saturated carbocycles. The summed E-state index contributed by atoms with van der Waals surface area (Å²) in [5.74, 6) is -0.219. The Morgan fingerprint density at radius 2 is 1.63 bits per heavy atom. The molecule has 1 aliphatic heterocycles. The largest absolute Gasteiger partial charge is 0.508 e. The average Bonchev–Trinajstić information content (AvgIpc) is 2.70. The van der Waals surface area contributed by atoms with Crippen LogP contribution in [0.4, 0.5) is 0 Å². The molecule has 3 rings (SSSR count). The maximum absolute atomic E-state index is 12.5. The lowest BCUT2D eigenvalue weighted by atomic mass is 10.0. The van der Waals surface area contributed by atoms with E-state index < -0.39 is 0 Å². The smallest absolute Gasteiger partial charge is 0.260 e. The van der Waals surface area contributed by atoms with Crippen LogP contribution in [0.15, 0.2) is 30.3 Å². The first-order valence-electron chi connectivity index (χ1n) is 9.74. The fourth-order valence-electron chi connectivity index (χ4n) is 3.49. The maximum atomic E-state index is 12.5. The number of carbonyl (C=O) groups is 2. The number of carbonyl (C=O) groups excluding carboxylic acids is 2. The van der Waals surface area contributed by atoms with Crippen molar-refractivity contribution in [2.24, 2.45) is 0 Å². The molecule has 30 heavy (non-hydrogen) atoms. The van der Waals surface area contributed by atoms with Crippen molar-refractivity contribution in [3.8, 4) is 17.2 Å². The van der Waals surface area contributed by atoms with E-state index in [0.717, 1.165) is 17.2 Å². The molecule has 1 aliphatic rings. The lowest BCUT2D eigenvalue weighted by molar-refractivity contribution is -0.134. The third-order valence-corrected chi connectivity index (χ3v) is 5.72. The molecule has 7 nitrogen and oxygen atoms in total. The van der Waals surface area contributed by atoms with E-state index in [-0.39, 0.29) is 41.5 Å². The van der Waals surface area contributed by atoms with Crippen molar-refractivity contribution in [1.29, 1.82) is 0 Å². The van der Waals surface area contributed by atoms with E-state index in [1.807, 2.05) is 26.0 Å². The maximum Gasteiger partial charge on any atom is 0.260 e. The number of nitrogens with zero attached hydrogens (tertiary/aromatic N) is 1. The van der Waals surface area contributed by atoms with Gasteiger partial charge in [-0.1, -0.05) is 11.6 Å². The van der Waals surface area contributed by atoms with Gasteiger partial charge in [0.2, 0.25) is 0 Å². The standard InChI is InChI=1S/C22H25ClN2O5/c1-13-7-19(8-14(2)21(13)23)30-12-20(28)25-5-3-16(4-6-25)24-22(29)15-9-17(26)11-18(27)10-15/h7-11,16,26-27H,3-6,12H2,1-2H3,(H,24,29). The number of phenolic OH excluding ortho intramolecular Hbond substituents is 2. The second-order valence-corrected chi connectivity index (χ2v) is 7.90. The van der Waals surface area contributed by atoms with Crippen LogP contribution >= 0.6 is 11.6 Å². The number of piperidine rings is 1. The van der Waals surface area contributed by atoms with E-state index >= 15 is 0 Å². The van der Waals surface area contributed by atoms with Gasteiger partial charge in [0.25, 0.3) is 11.8 Å². The highest BCUT2D eigenvalue weighted by molar-refractivity contribution is 6.32. The zero-order chi connectivity index (χ0) is 21.8. The Kier molecular flexibility index (Phi) is 6.72. The highest BCUT2D eigenvalue weighted by Crippen LogP contribution is 2.26. The lowest BCUT2D eigenvalue weighted by Gasteiger charge is -2.32. The average molecular weight is 433 g/mol. The molecule has 0 bridgehead atoms. The highest BCUT2D eigenvalue weighted by Gasteiger charge is 2.24. The quantitative estimate of drug-likeness (QED) is 0.674. The van der Waals surface area contributed by atoms with Gasteiger partial charge in [-0.05, 0) is 62.1 Å². The summed E-state index contributed by atoms with van der Waals surface area (Å²) in [6, 6.07) is 7.28. The molecule has 0 spiro atoms. The van der Waals surface area contributed by atoms with Crippen LogP contribution < -0.4 is 10.1 Å². The van der Waals surface area contributed by atoms with Gasteiger partial charge in [0, 0.05) is 35.8 Å². The van der Waals surface area contributed by atoms with Crippen LogP contribution in [-0.4, -0.2) is 52.7 Å². The first-order chi connectivity index (χ1) is 14.2. The number of phenols is 2. The summed E-state index contributed by atoms with van der Waals surface area (Å²) in [5.41, 5.74) is 1.99. The molecule has 1 heterocycles. The van der Waals surface area contributed by atoms with Crippen LogP contribution in [0.1, 0.15) is 34.3 Å². The van der Waals surface area contributed by atoms with Crippen molar-refractivity contribution in [2.45, 2.75) is 32.7 Å². The van der Waals surface area contributed by atoms with Crippen molar-refractivity contribution >= 4 is 23.4 Å². The number of rotatable bonds is 5. The topological polar surface area (TPSA) is 99.1 Å². The Labute approximate surface area is 180 Å². The van der Waals surface area contributed by atoms with E-state index in [1.54, 1.807) is 4.90 Å². The molecular weight excluding hydrogens is 408 g/mol. The number of ether oxygens (including phenoxy) is 1. The fourth-order valence-corrected chi connectivity index (χ4v) is 3.60. The van der Waals surface area contributed by atoms with Crippen LogP contribution in [0.2, 0.25) is 5.02 Å². The normalized spacial score (nSPS) is 14.4. The minimum atomic E-state index is -0.372. The molecule has 160 valence electrons. The van der Waals surface area contributed by atoms with Crippen molar-refractivity contribution in [2.75, 3.05) is 19.7 Å².